The molecule has 1 atom stereocenters. The van der Waals surface area contributed by atoms with E-state index in [2.05, 4.69) is 29.8 Å². The Morgan fingerprint density at radius 3 is 2.49 bits per heavy atom. The Kier molecular flexibility index (Phi) is 7.68. The quantitative estimate of drug-likeness (QED) is 0.332. The number of Topliss-reactive ketones (excluding diaryl/α,β-unsaturated/α-hetero) is 1. The van der Waals surface area contributed by atoms with Gasteiger partial charge in [-0.15, -0.1) is 0 Å². The molecule has 3 N–H and O–H groups in total. The minimum Gasteiger partial charge on any atom is -0.497 e. The average molecular weight is 520 g/mol. The monoisotopic (exact) mass is 519 g/mol. The molecule has 1 aliphatic heterocycles. The molecular formula is C29H33N3O4S. The van der Waals surface area contributed by atoms with Gasteiger partial charge in [0.15, 0.2) is 10.9 Å². The minimum absolute atomic E-state index is 0.0592. The highest BCUT2D eigenvalue weighted by atomic mass is 32.1. The van der Waals surface area contributed by atoms with Crippen molar-refractivity contribution < 1.29 is 19.1 Å². The van der Waals surface area contributed by atoms with E-state index in [0.717, 1.165) is 40.5 Å². The van der Waals surface area contributed by atoms with Crippen molar-refractivity contribution in [3.05, 3.63) is 76.6 Å². The van der Waals surface area contributed by atoms with Gasteiger partial charge in [0.2, 0.25) is 0 Å². The first-order valence-electron chi connectivity index (χ1n) is 12.3. The number of hydrogen-bond donors (Lipinski definition) is 3. The molecule has 0 fully saturated rings. The van der Waals surface area contributed by atoms with Crippen LogP contribution in [0.1, 0.15) is 52.0 Å². The number of methoxy groups -OCH3 is 1. The largest absolute Gasteiger partial charge is 0.497 e. The van der Waals surface area contributed by atoms with Gasteiger partial charge in [-0.05, 0) is 67.7 Å². The van der Waals surface area contributed by atoms with Crippen molar-refractivity contribution in [2.24, 2.45) is 5.41 Å². The highest BCUT2D eigenvalue weighted by molar-refractivity contribution is 7.80. The fraction of sp³-hybridized carbons (Fsp3) is 0.345. The molecule has 0 saturated carbocycles. The van der Waals surface area contributed by atoms with E-state index < -0.39 is 11.9 Å². The molecule has 0 spiro atoms. The van der Waals surface area contributed by atoms with Crippen LogP contribution in [0.25, 0.3) is 0 Å². The lowest BCUT2D eigenvalue weighted by molar-refractivity contribution is -0.138. The van der Waals surface area contributed by atoms with E-state index in [-0.39, 0.29) is 17.8 Å². The fourth-order valence-electron chi connectivity index (χ4n) is 5.00. The van der Waals surface area contributed by atoms with Gasteiger partial charge in [0.1, 0.15) is 5.75 Å². The van der Waals surface area contributed by atoms with Crippen LogP contribution in [0.3, 0.4) is 0 Å². The number of ketones is 1. The van der Waals surface area contributed by atoms with Gasteiger partial charge in [-0.25, -0.2) is 4.79 Å². The van der Waals surface area contributed by atoms with Crippen LogP contribution in [0, 0.1) is 5.41 Å². The smallest absolute Gasteiger partial charge is 0.336 e. The van der Waals surface area contributed by atoms with Gasteiger partial charge in [0.05, 0.1) is 19.3 Å². The molecule has 194 valence electrons. The van der Waals surface area contributed by atoms with Crippen LogP contribution in [-0.4, -0.2) is 30.6 Å². The maximum Gasteiger partial charge on any atom is 0.336 e. The van der Waals surface area contributed by atoms with Gasteiger partial charge in [-0.1, -0.05) is 32.0 Å². The SMILES string of the molecule is CCOC(=O)C1=C(C)NC2=C(C(=O)CC(C)(C)C2)C1c1ccc(NC(=S)Nc2cccc(OC)c2)cc1. The lowest BCUT2D eigenvalue weighted by atomic mass is 9.68. The van der Waals surface area contributed by atoms with Crippen molar-refractivity contribution >= 4 is 40.5 Å². The van der Waals surface area contributed by atoms with Crippen molar-refractivity contribution in [3.8, 4) is 5.75 Å². The zero-order valence-electron chi connectivity index (χ0n) is 21.9. The number of nitrogens with one attached hydrogen (secondary N) is 3. The third kappa shape index (κ3) is 5.85. The van der Waals surface area contributed by atoms with Crippen molar-refractivity contribution in [1.82, 2.24) is 5.32 Å². The lowest BCUT2D eigenvalue weighted by Crippen LogP contribution is -2.38. The van der Waals surface area contributed by atoms with Gasteiger partial charge in [0.25, 0.3) is 0 Å². The van der Waals surface area contributed by atoms with Gasteiger partial charge >= 0.3 is 5.97 Å². The van der Waals surface area contributed by atoms with Crippen LogP contribution in [0.5, 0.6) is 5.75 Å². The molecule has 1 aliphatic carbocycles. The molecule has 1 heterocycles. The van der Waals surface area contributed by atoms with Crippen molar-refractivity contribution in [2.45, 2.75) is 46.5 Å². The van der Waals surface area contributed by atoms with E-state index in [1.807, 2.05) is 55.5 Å². The molecule has 0 amide bonds. The summed E-state index contributed by atoms with van der Waals surface area (Å²) in [6.07, 6.45) is 1.17. The van der Waals surface area contributed by atoms with Crippen LogP contribution in [0.4, 0.5) is 11.4 Å². The van der Waals surface area contributed by atoms with Gasteiger partial charge in [0, 0.05) is 46.7 Å². The van der Waals surface area contributed by atoms with Gasteiger partial charge in [-0.2, -0.15) is 0 Å². The van der Waals surface area contributed by atoms with E-state index >= 15 is 0 Å². The summed E-state index contributed by atoms with van der Waals surface area (Å²) >= 11 is 5.47. The molecule has 4 rings (SSSR count). The molecule has 2 aliphatic rings. The summed E-state index contributed by atoms with van der Waals surface area (Å²) in [6.45, 7) is 8.09. The number of anilines is 2. The van der Waals surface area contributed by atoms with E-state index in [9.17, 15) is 9.59 Å². The maximum absolute atomic E-state index is 13.4. The number of esters is 1. The van der Waals surface area contributed by atoms with Crippen molar-refractivity contribution in [1.29, 1.82) is 0 Å². The molecule has 0 saturated heterocycles. The van der Waals surface area contributed by atoms with Gasteiger partial charge < -0.3 is 25.4 Å². The standard InChI is InChI=1S/C29H33N3O4S/c1-6-36-27(34)24-17(2)30-22-15-29(3,4)16-23(33)26(22)25(24)18-10-12-19(13-11-18)31-28(37)32-20-8-7-9-21(14-20)35-5/h7-14,25,30H,6,15-16H2,1-5H3,(H2,31,32,37). The highest BCUT2D eigenvalue weighted by Crippen LogP contribution is 2.46. The predicted molar refractivity (Wildman–Crippen MR) is 150 cm³/mol. The van der Waals surface area contributed by atoms with Crippen LogP contribution >= 0.6 is 12.2 Å². The van der Waals surface area contributed by atoms with E-state index in [1.165, 1.54) is 0 Å². The molecule has 37 heavy (non-hydrogen) atoms. The van der Waals surface area contributed by atoms with Crippen molar-refractivity contribution in [3.63, 3.8) is 0 Å². The Bertz CT molecular complexity index is 1290. The topological polar surface area (TPSA) is 88.7 Å². The summed E-state index contributed by atoms with van der Waals surface area (Å²) in [4.78, 5) is 26.4. The average Bonchev–Trinajstić information content (AvgIpc) is 2.83. The molecule has 2 aromatic rings. The summed E-state index contributed by atoms with van der Waals surface area (Å²) in [7, 11) is 1.62. The number of thiocarbonyl (C=S) groups is 1. The third-order valence-electron chi connectivity index (χ3n) is 6.56. The number of carbonyl (C=O) groups is 2. The summed E-state index contributed by atoms with van der Waals surface area (Å²) in [6, 6.07) is 15.1. The Morgan fingerprint density at radius 1 is 1.11 bits per heavy atom. The fourth-order valence-corrected chi connectivity index (χ4v) is 5.24. The second-order valence-electron chi connectivity index (χ2n) is 10.1. The Hall–Kier alpha value is -3.65. The van der Waals surface area contributed by atoms with Crippen LogP contribution in [0.15, 0.2) is 71.1 Å². The number of carbonyl (C=O) groups excluding carboxylic acids is 2. The van der Waals surface area contributed by atoms with E-state index in [0.29, 0.717) is 22.7 Å². The number of benzene rings is 2. The molecular weight excluding hydrogens is 486 g/mol. The summed E-state index contributed by atoms with van der Waals surface area (Å²) < 4.78 is 10.6. The van der Waals surface area contributed by atoms with Gasteiger partial charge in [-0.3, -0.25) is 4.79 Å². The third-order valence-corrected chi connectivity index (χ3v) is 6.77. The molecule has 7 nitrogen and oxygen atoms in total. The van der Waals surface area contributed by atoms with Crippen molar-refractivity contribution in [2.75, 3.05) is 24.4 Å². The number of ether oxygens (including phenoxy) is 2. The second-order valence-corrected chi connectivity index (χ2v) is 10.5. The van der Waals surface area contributed by atoms with E-state index in [4.69, 9.17) is 21.7 Å². The summed E-state index contributed by atoms with van der Waals surface area (Å²) in [5.41, 5.74) is 5.04. The Morgan fingerprint density at radius 2 is 1.81 bits per heavy atom. The molecule has 0 radical (unpaired) electrons. The highest BCUT2D eigenvalue weighted by Gasteiger charge is 2.43. The van der Waals surface area contributed by atoms with E-state index in [1.54, 1.807) is 14.0 Å². The predicted octanol–water partition coefficient (Wildman–Crippen LogP) is 5.67. The Labute approximate surface area is 223 Å². The number of rotatable bonds is 6. The molecule has 1 unspecified atom stereocenters. The number of hydrogen-bond acceptors (Lipinski definition) is 6. The molecule has 8 heteroatoms. The number of dihydropyridines is 1. The van der Waals surface area contributed by atoms with Crippen LogP contribution in [0.2, 0.25) is 0 Å². The summed E-state index contributed by atoms with van der Waals surface area (Å²) in [5.74, 6) is -0.111. The molecule has 2 aromatic carbocycles. The molecule has 0 aromatic heterocycles. The zero-order valence-corrected chi connectivity index (χ0v) is 22.7. The van der Waals surface area contributed by atoms with Crippen LogP contribution < -0.4 is 20.7 Å². The minimum atomic E-state index is -0.491. The maximum atomic E-state index is 13.4. The first-order valence-corrected chi connectivity index (χ1v) is 12.8. The summed E-state index contributed by atoms with van der Waals surface area (Å²) in [5, 5.41) is 10.1. The zero-order chi connectivity index (χ0) is 26.7. The first kappa shape index (κ1) is 26.4. The van der Waals surface area contributed by atoms with Crippen LogP contribution in [-0.2, 0) is 14.3 Å². The lowest BCUT2D eigenvalue weighted by Gasteiger charge is -2.39. The molecule has 0 bridgehead atoms. The first-order chi connectivity index (χ1) is 17.6. The number of allylic oxidation sites excluding steroid dienone is 3. The normalized spacial score (nSPS) is 18.5. The Balaban J connectivity index is 1.61. The second kappa shape index (κ2) is 10.8.